The van der Waals surface area contributed by atoms with E-state index in [4.69, 9.17) is 9.47 Å². The first-order chi connectivity index (χ1) is 11.7. The fourth-order valence-corrected chi connectivity index (χ4v) is 3.00. The van der Waals surface area contributed by atoms with Crippen molar-refractivity contribution in [3.05, 3.63) is 30.0 Å². The van der Waals surface area contributed by atoms with E-state index in [0.29, 0.717) is 12.0 Å². The molecule has 3 rings (SSSR count). The smallest absolute Gasteiger partial charge is 0.225 e. The first-order valence-corrected chi connectivity index (χ1v) is 8.29. The Labute approximate surface area is 142 Å². The van der Waals surface area contributed by atoms with Crippen LogP contribution in [-0.2, 0) is 0 Å². The molecule has 0 aliphatic heterocycles. The fourth-order valence-electron chi connectivity index (χ4n) is 3.00. The van der Waals surface area contributed by atoms with Crippen LogP contribution >= 0.6 is 0 Å². The summed E-state index contributed by atoms with van der Waals surface area (Å²) in [6.07, 6.45) is 4.92. The van der Waals surface area contributed by atoms with Gasteiger partial charge in [-0.25, -0.2) is 4.98 Å². The van der Waals surface area contributed by atoms with Crippen LogP contribution in [0.15, 0.2) is 24.3 Å². The average molecular weight is 328 g/mol. The Morgan fingerprint density at radius 2 is 1.83 bits per heavy atom. The van der Waals surface area contributed by atoms with E-state index >= 15 is 0 Å². The number of hydrogen-bond donors (Lipinski definition) is 2. The predicted molar refractivity (Wildman–Crippen MR) is 95.5 cm³/mol. The van der Waals surface area contributed by atoms with E-state index in [1.807, 2.05) is 31.2 Å². The topological polar surface area (TPSA) is 68.3 Å². The second-order valence-electron chi connectivity index (χ2n) is 6.04. The molecule has 2 N–H and O–H groups in total. The quantitative estimate of drug-likeness (QED) is 0.838. The van der Waals surface area contributed by atoms with Gasteiger partial charge in [-0.05, 0) is 31.9 Å². The van der Waals surface area contributed by atoms with Crippen LogP contribution in [0.2, 0.25) is 0 Å². The molecule has 0 radical (unpaired) electrons. The SMILES string of the molecule is COc1ccc(OC)c(Nc2cc(C)nc(NC3CCCC3)n2)c1. The molecule has 1 aromatic heterocycles. The molecule has 0 amide bonds. The van der Waals surface area contributed by atoms with Crippen LogP contribution in [0.3, 0.4) is 0 Å². The van der Waals surface area contributed by atoms with Gasteiger partial charge < -0.3 is 20.1 Å². The second-order valence-corrected chi connectivity index (χ2v) is 6.04. The lowest BCUT2D eigenvalue weighted by Crippen LogP contribution is -2.17. The molecule has 0 atom stereocenters. The summed E-state index contributed by atoms with van der Waals surface area (Å²) in [6, 6.07) is 8.01. The minimum absolute atomic E-state index is 0.478. The van der Waals surface area contributed by atoms with E-state index in [2.05, 4.69) is 20.6 Å². The number of anilines is 3. The first kappa shape index (κ1) is 16.4. The average Bonchev–Trinajstić information content (AvgIpc) is 3.07. The van der Waals surface area contributed by atoms with Crippen molar-refractivity contribution in [1.29, 1.82) is 0 Å². The lowest BCUT2D eigenvalue weighted by molar-refractivity contribution is 0.405. The van der Waals surface area contributed by atoms with Gasteiger partial charge in [0.25, 0.3) is 0 Å². The number of aromatic nitrogens is 2. The minimum Gasteiger partial charge on any atom is -0.497 e. The van der Waals surface area contributed by atoms with Gasteiger partial charge in [-0.1, -0.05) is 12.8 Å². The highest BCUT2D eigenvalue weighted by atomic mass is 16.5. The molecule has 0 unspecified atom stereocenters. The molecule has 0 saturated heterocycles. The highest BCUT2D eigenvalue weighted by molar-refractivity contribution is 5.67. The molecule has 1 aliphatic rings. The van der Waals surface area contributed by atoms with E-state index in [-0.39, 0.29) is 0 Å². The van der Waals surface area contributed by atoms with Crippen LogP contribution < -0.4 is 20.1 Å². The summed E-state index contributed by atoms with van der Waals surface area (Å²) < 4.78 is 10.7. The van der Waals surface area contributed by atoms with Crippen LogP contribution in [0.4, 0.5) is 17.5 Å². The van der Waals surface area contributed by atoms with Crippen LogP contribution in [-0.4, -0.2) is 30.2 Å². The van der Waals surface area contributed by atoms with E-state index in [0.717, 1.165) is 28.7 Å². The van der Waals surface area contributed by atoms with Gasteiger partial charge in [0.05, 0.1) is 19.9 Å². The minimum atomic E-state index is 0.478. The number of nitrogens with zero attached hydrogens (tertiary/aromatic N) is 2. The van der Waals surface area contributed by atoms with Gasteiger partial charge in [0.1, 0.15) is 17.3 Å². The van der Waals surface area contributed by atoms with Gasteiger partial charge in [0.2, 0.25) is 5.95 Å². The number of ether oxygens (including phenoxy) is 2. The Balaban J connectivity index is 1.82. The zero-order valence-corrected chi connectivity index (χ0v) is 14.4. The standard InChI is InChI=1S/C18H24N4O2/c1-12-10-17(22-18(19-12)20-13-6-4-5-7-13)21-15-11-14(23-2)8-9-16(15)24-3/h8-11,13H,4-7H2,1-3H3,(H2,19,20,21,22). The molecule has 1 heterocycles. The molecule has 128 valence electrons. The van der Waals surface area contributed by atoms with Crippen molar-refractivity contribution in [1.82, 2.24) is 9.97 Å². The molecule has 0 spiro atoms. The molecule has 1 saturated carbocycles. The Hall–Kier alpha value is -2.50. The predicted octanol–water partition coefficient (Wildman–Crippen LogP) is 3.90. The third kappa shape index (κ3) is 3.88. The number of rotatable bonds is 6. The molecule has 1 aliphatic carbocycles. The molecule has 1 aromatic carbocycles. The van der Waals surface area contributed by atoms with E-state index < -0.39 is 0 Å². The maximum absolute atomic E-state index is 5.41. The molecule has 1 fully saturated rings. The third-order valence-electron chi connectivity index (χ3n) is 4.21. The van der Waals surface area contributed by atoms with Gasteiger partial charge in [-0.3, -0.25) is 0 Å². The van der Waals surface area contributed by atoms with Crippen molar-refractivity contribution in [2.75, 3.05) is 24.9 Å². The number of hydrogen-bond acceptors (Lipinski definition) is 6. The van der Waals surface area contributed by atoms with Gasteiger partial charge in [-0.15, -0.1) is 0 Å². The lowest BCUT2D eigenvalue weighted by atomic mass is 10.2. The van der Waals surface area contributed by atoms with Crippen molar-refractivity contribution < 1.29 is 9.47 Å². The number of nitrogens with one attached hydrogen (secondary N) is 2. The summed E-state index contributed by atoms with van der Waals surface area (Å²) in [7, 11) is 3.29. The first-order valence-electron chi connectivity index (χ1n) is 8.29. The van der Waals surface area contributed by atoms with E-state index in [1.165, 1.54) is 25.7 Å². The monoisotopic (exact) mass is 328 g/mol. The van der Waals surface area contributed by atoms with E-state index in [1.54, 1.807) is 14.2 Å². The Morgan fingerprint density at radius 3 is 2.54 bits per heavy atom. The maximum atomic E-state index is 5.41. The van der Waals surface area contributed by atoms with Gasteiger partial charge in [0.15, 0.2) is 0 Å². The molecule has 6 nitrogen and oxygen atoms in total. The van der Waals surface area contributed by atoms with Gasteiger partial charge >= 0.3 is 0 Å². The van der Waals surface area contributed by atoms with E-state index in [9.17, 15) is 0 Å². The second kappa shape index (κ2) is 7.38. The zero-order valence-electron chi connectivity index (χ0n) is 14.4. The van der Waals surface area contributed by atoms with Gasteiger partial charge in [0, 0.05) is 23.9 Å². The summed E-state index contributed by atoms with van der Waals surface area (Å²) in [6.45, 7) is 1.97. The van der Waals surface area contributed by atoms with Crippen LogP contribution in [0.25, 0.3) is 0 Å². The summed E-state index contributed by atoms with van der Waals surface area (Å²) in [5, 5.41) is 6.75. The third-order valence-corrected chi connectivity index (χ3v) is 4.21. The molecule has 24 heavy (non-hydrogen) atoms. The molecular weight excluding hydrogens is 304 g/mol. The van der Waals surface area contributed by atoms with Crippen molar-refractivity contribution >= 4 is 17.5 Å². The number of methoxy groups -OCH3 is 2. The lowest BCUT2D eigenvalue weighted by Gasteiger charge is -2.15. The molecule has 0 bridgehead atoms. The molecule has 2 aromatic rings. The zero-order chi connectivity index (χ0) is 16.9. The summed E-state index contributed by atoms with van der Waals surface area (Å²) in [5.41, 5.74) is 1.72. The Kier molecular flexibility index (Phi) is 5.03. The Morgan fingerprint density at radius 1 is 1.04 bits per heavy atom. The fraction of sp³-hybridized carbons (Fsp3) is 0.444. The van der Waals surface area contributed by atoms with Crippen LogP contribution in [0.1, 0.15) is 31.4 Å². The van der Waals surface area contributed by atoms with Gasteiger partial charge in [-0.2, -0.15) is 4.98 Å². The largest absolute Gasteiger partial charge is 0.497 e. The summed E-state index contributed by atoms with van der Waals surface area (Å²) >= 11 is 0. The van der Waals surface area contributed by atoms with Crippen molar-refractivity contribution in [3.8, 4) is 11.5 Å². The molecule has 6 heteroatoms. The normalized spacial score (nSPS) is 14.5. The summed E-state index contributed by atoms with van der Waals surface area (Å²) in [5.74, 6) is 2.89. The number of benzene rings is 1. The highest BCUT2D eigenvalue weighted by Crippen LogP contribution is 2.31. The number of aryl methyl sites for hydroxylation is 1. The van der Waals surface area contributed by atoms with Crippen LogP contribution in [0, 0.1) is 6.92 Å². The van der Waals surface area contributed by atoms with Crippen molar-refractivity contribution in [3.63, 3.8) is 0 Å². The van der Waals surface area contributed by atoms with Crippen molar-refractivity contribution in [2.24, 2.45) is 0 Å². The summed E-state index contributed by atoms with van der Waals surface area (Å²) in [4.78, 5) is 9.09. The highest BCUT2D eigenvalue weighted by Gasteiger charge is 2.16. The maximum Gasteiger partial charge on any atom is 0.225 e. The van der Waals surface area contributed by atoms with Crippen LogP contribution in [0.5, 0.6) is 11.5 Å². The molecular formula is C18H24N4O2. The van der Waals surface area contributed by atoms with Crippen molar-refractivity contribution in [2.45, 2.75) is 38.6 Å². The Bertz CT molecular complexity index is 699.